The SMILES string of the molecule is CCN(CCOC)C(=O)C[C@@H]1OC[C@H]2CN(c3nc(C)cc(C)n3)CC[C@H]21. The molecule has 1 amide bonds. The summed E-state index contributed by atoms with van der Waals surface area (Å²) in [5.74, 6) is 1.87. The summed E-state index contributed by atoms with van der Waals surface area (Å²) < 4.78 is 11.2. The van der Waals surface area contributed by atoms with E-state index in [1.807, 2.05) is 31.7 Å². The first-order valence-corrected chi connectivity index (χ1v) is 9.97. The van der Waals surface area contributed by atoms with Crippen molar-refractivity contribution >= 4 is 11.9 Å². The molecule has 0 aromatic carbocycles. The van der Waals surface area contributed by atoms with Gasteiger partial charge in [-0.15, -0.1) is 0 Å². The highest BCUT2D eigenvalue weighted by Crippen LogP contribution is 2.37. The average Bonchev–Trinajstić information content (AvgIpc) is 3.03. The number of piperidine rings is 1. The first-order chi connectivity index (χ1) is 13.0. The molecule has 7 heteroatoms. The van der Waals surface area contributed by atoms with Gasteiger partial charge in [-0.05, 0) is 39.2 Å². The fourth-order valence-electron chi connectivity index (χ4n) is 4.29. The maximum atomic E-state index is 12.6. The Labute approximate surface area is 162 Å². The second-order valence-electron chi connectivity index (χ2n) is 7.65. The van der Waals surface area contributed by atoms with Gasteiger partial charge >= 0.3 is 0 Å². The lowest BCUT2D eigenvalue weighted by Gasteiger charge is -2.36. The number of aromatic nitrogens is 2. The minimum Gasteiger partial charge on any atom is -0.383 e. The molecule has 0 N–H and O–H groups in total. The Bertz CT molecular complexity index is 634. The molecule has 0 aliphatic carbocycles. The van der Waals surface area contributed by atoms with Gasteiger partial charge in [-0.3, -0.25) is 4.79 Å². The third kappa shape index (κ3) is 4.76. The molecule has 150 valence electrons. The van der Waals surface area contributed by atoms with Gasteiger partial charge in [0.05, 0.1) is 25.7 Å². The number of ether oxygens (including phenoxy) is 2. The maximum absolute atomic E-state index is 12.6. The van der Waals surface area contributed by atoms with Crippen LogP contribution in [0.3, 0.4) is 0 Å². The maximum Gasteiger partial charge on any atom is 0.225 e. The smallest absolute Gasteiger partial charge is 0.225 e. The van der Waals surface area contributed by atoms with Crippen LogP contribution in [-0.4, -0.2) is 73.4 Å². The number of hydrogen-bond acceptors (Lipinski definition) is 6. The highest BCUT2D eigenvalue weighted by atomic mass is 16.5. The molecule has 2 aliphatic heterocycles. The lowest BCUT2D eigenvalue weighted by Crippen LogP contribution is -2.43. The van der Waals surface area contributed by atoms with Gasteiger partial charge in [0.1, 0.15) is 0 Å². The summed E-state index contributed by atoms with van der Waals surface area (Å²) in [5.41, 5.74) is 2.00. The van der Waals surface area contributed by atoms with Crippen LogP contribution in [-0.2, 0) is 14.3 Å². The van der Waals surface area contributed by atoms with E-state index in [1.54, 1.807) is 7.11 Å². The van der Waals surface area contributed by atoms with Crippen LogP contribution in [0.5, 0.6) is 0 Å². The molecule has 27 heavy (non-hydrogen) atoms. The number of carbonyl (C=O) groups is 1. The number of carbonyl (C=O) groups excluding carboxylic acids is 1. The third-order valence-electron chi connectivity index (χ3n) is 5.72. The van der Waals surface area contributed by atoms with Crippen molar-refractivity contribution in [3.05, 3.63) is 17.5 Å². The van der Waals surface area contributed by atoms with Crippen molar-refractivity contribution in [2.75, 3.05) is 51.4 Å². The van der Waals surface area contributed by atoms with Crippen molar-refractivity contribution in [2.24, 2.45) is 11.8 Å². The molecule has 1 aromatic heterocycles. The predicted molar refractivity (Wildman–Crippen MR) is 104 cm³/mol. The summed E-state index contributed by atoms with van der Waals surface area (Å²) in [7, 11) is 1.66. The van der Waals surface area contributed by atoms with Crippen LogP contribution in [0.4, 0.5) is 5.95 Å². The Morgan fingerprint density at radius 1 is 1.37 bits per heavy atom. The van der Waals surface area contributed by atoms with Crippen molar-refractivity contribution in [1.29, 1.82) is 0 Å². The van der Waals surface area contributed by atoms with Crippen LogP contribution in [0.25, 0.3) is 0 Å². The Morgan fingerprint density at radius 3 is 2.78 bits per heavy atom. The lowest BCUT2D eigenvalue weighted by molar-refractivity contribution is -0.134. The largest absolute Gasteiger partial charge is 0.383 e. The van der Waals surface area contributed by atoms with E-state index in [2.05, 4.69) is 14.9 Å². The van der Waals surface area contributed by atoms with E-state index in [0.29, 0.717) is 44.6 Å². The number of amides is 1. The van der Waals surface area contributed by atoms with Crippen molar-refractivity contribution < 1.29 is 14.3 Å². The highest BCUT2D eigenvalue weighted by molar-refractivity contribution is 5.76. The monoisotopic (exact) mass is 376 g/mol. The zero-order valence-electron chi connectivity index (χ0n) is 17.0. The second-order valence-corrected chi connectivity index (χ2v) is 7.65. The summed E-state index contributed by atoms with van der Waals surface area (Å²) in [6, 6.07) is 2.00. The average molecular weight is 377 g/mol. The molecule has 0 saturated carbocycles. The first-order valence-electron chi connectivity index (χ1n) is 9.97. The Balaban J connectivity index is 1.58. The number of aryl methyl sites for hydroxylation is 2. The molecule has 0 radical (unpaired) electrons. The second kappa shape index (κ2) is 8.97. The number of likely N-dealkylation sites (N-methyl/N-ethyl adjacent to an activating group) is 1. The van der Waals surface area contributed by atoms with Crippen molar-refractivity contribution in [3.63, 3.8) is 0 Å². The van der Waals surface area contributed by atoms with E-state index in [4.69, 9.17) is 9.47 Å². The molecule has 0 unspecified atom stereocenters. The van der Waals surface area contributed by atoms with Crippen molar-refractivity contribution in [1.82, 2.24) is 14.9 Å². The van der Waals surface area contributed by atoms with Gasteiger partial charge in [0.15, 0.2) is 0 Å². The molecular weight excluding hydrogens is 344 g/mol. The number of fused-ring (bicyclic) bond motifs is 1. The van der Waals surface area contributed by atoms with Crippen LogP contribution >= 0.6 is 0 Å². The van der Waals surface area contributed by atoms with Crippen LogP contribution < -0.4 is 4.90 Å². The fraction of sp³-hybridized carbons (Fsp3) is 0.750. The molecule has 2 fully saturated rings. The zero-order chi connectivity index (χ0) is 19.4. The summed E-state index contributed by atoms with van der Waals surface area (Å²) in [6.07, 6.45) is 1.52. The minimum absolute atomic E-state index is 0.0291. The number of methoxy groups -OCH3 is 1. The first kappa shape index (κ1) is 20.0. The number of anilines is 1. The molecular formula is C20H32N4O3. The van der Waals surface area contributed by atoms with Gasteiger partial charge in [0.2, 0.25) is 11.9 Å². The number of hydrogen-bond donors (Lipinski definition) is 0. The molecule has 2 aliphatic rings. The summed E-state index contributed by atoms with van der Waals surface area (Å²) in [4.78, 5) is 26.0. The number of rotatable bonds is 7. The van der Waals surface area contributed by atoms with E-state index < -0.39 is 0 Å². The zero-order valence-corrected chi connectivity index (χ0v) is 17.0. The standard InChI is InChI=1S/C20H32N4O3/c1-5-23(8-9-26-4)19(25)11-18-17-6-7-24(12-16(17)13-27-18)20-21-14(2)10-15(3)22-20/h10,16-18H,5-9,11-13H2,1-4H3/t16-,17-,18+/m1/s1. The Hall–Kier alpha value is -1.73. The highest BCUT2D eigenvalue weighted by Gasteiger charge is 2.42. The number of nitrogens with zero attached hydrogens (tertiary/aromatic N) is 4. The van der Waals surface area contributed by atoms with E-state index in [9.17, 15) is 4.79 Å². The van der Waals surface area contributed by atoms with Gasteiger partial charge in [-0.25, -0.2) is 9.97 Å². The van der Waals surface area contributed by atoms with Crippen LogP contribution in [0.2, 0.25) is 0 Å². The molecule has 1 aromatic rings. The fourth-order valence-corrected chi connectivity index (χ4v) is 4.29. The van der Waals surface area contributed by atoms with Crippen LogP contribution in [0.15, 0.2) is 6.07 Å². The molecule has 7 nitrogen and oxygen atoms in total. The summed E-state index contributed by atoms with van der Waals surface area (Å²) in [5, 5.41) is 0. The van der Waals surface area contributed by atoms with Gasteiger partial charge in [-0.1, -0.05) is 0 Å². The summed E-state index contributed by atoms with van der Waals surface area (Å²) in [6.45, 7) is 10.5. The Kier molecular flexibility index (Phi) is 6.65. The molecule has 3 rings (SSSR count). The molecule has 0 spiro atoms. The van der Waals surface area contributed by atoms with Gasteiger partial charge in [-0.2, -0.15) is 0 Å². The van der Waals surface area contributed by atoms with Crippen molar-refractivity contribution in [3.8, 4) is 0 Å². The minimum atomic E-state index is 0.0291. The van der Waals surface area contributed by atoms with E-state index in [-0.39, 0.29) is 12.0 Å². The lowest BCUT2D eigenvalue weighted by atomic mass is 9.83. The molecule has 2 saturated heterocycles. The van der Waals surface area contributed by atoms with Crippen LogP contribution in [0.1, 0.15) is 31.2 Å². The van der Waals surface area contributed by atoms with Crippen LogP contribution in [0, 0.1) is 25.7 Å². The van der Waals surface area contributed by atoms with Gasteiger partial charge in [0, 0.05) is 50.6 Å². The summed E-state index contributed by atoms with van der Waals surface area (Å²) >= 11 is 0. The van der Waals surface area contributed by atoms with E-state index in [0.717, 1.165) is 36.8 Å². The topological polar surface area (TPSA) is 67.8 Å². The third-order valence-corrected chi connectivity index (χ3v) is 5.72. The van der Waals surface area contributed by atoms with E-state index in [1.165, 1.54) is 0 Å². The quantitative estimate of drug-likeness (QED) is 0.723. The van der Waals surface area contributed by atoms with Crippen molar-refractivity contribution in [2.45, 2.75) is 39.7 Å². The van der Waals surface area contributed by atoms with E-state index >= 15 is 0 Å². The molecule has 0 bridgehead atoms. The molecule has 3 atom stereocenters. The van der Waals surface area contributed by atoms with Gasteiger partial charge in [0.25, 0.3) is 0 Å². The normalized spacial score (nSPS) is 24.7. The predicted octanol–water partition coefficient (Wildman–Crippen LogP) is 1.82. The van der Waals surface area contributed by atoms with Gasteiger partial charge < -0.3 is 19.3 Å². The Morgan fingerprint density at radius 2 is 2.11 bits per heavy atom. The molecule has 3 heterocycles.